The van der Waals surface area contributed by atoms with Crippen molar-refractivity contribution < 1.29 is 4.74 Å². The van der Waals surface area contributed by atoms with Gasteiger partial charge in [0.2, 0.25) is 0 Å². The van der Waals surface area contributed by atoms with E-state index in [1.165, 1.54) is 89.9 Å². The Morgan fingerprint density at radius 3 is 1.86 bits per heavy atom. The molecular weight excluding hydrogens is 256 g/mol. The summed E-state index contributed by atoms with van der Waals surface area (Å²) in [6, 6.07) is 0. The fraction of sp³-hybridized carbons (Fsp3) is 1.00. The van der Waals surface area contributed by atoms with Crippen molar-refractivity contribution in [3.8, 4) is 0 Å². The first kappa shape index (κ1) is 17.3. The highest BCUT2D eigenvalue weighted by Crippen LogP contribution is 2.41. The van der Waals surface area contributed by atoms with Crippen LogP contribution in [0.2, 0.25) is 0 Å². The summed E-state index contributed by atoms with van der Waals surface area (Å²) in [5.74, 6) is 3.15. The summed E-state index contributed by atoms with van der Waals surface area (Å²) in [5, 5.41) is 0. The lowest BCUT2D eigenvalue weighted by molar-refractivity contribution is 0.0391. The Hall–Kier alpha value is -0.0400. The molecule has 2 rings (SSSR count). The first-order valence-electron chi connectivity index (χ1n) is 9.86. The number of rotatable bonds is 8. The zero-order chi connectivity index (χ0) is 14.9. The van der Waals surface area contributed by atoms with Crippen molar-refractivity contribution in [2.75, 3.05) is 7.11 Å². The van der Waals surface area contributed by atoms with Crippen molar-refractivity contribution >= 4 is 0 Å². The van der Waals surface area contributed by atoms with Gasteiger partial charge < -0.3 is 4.74 Å². The van der Waals surface area contributed by atoms with Crippen LogP contribution in [-0.2, 0) is 4.74 Å². The second kappa shape index (κ2) is 9.87. The minimum atomic E-state index is 0.570. The molecule has 1 heteroatoms. The van der Waals surface area contributed by atoms with Crippen LogP contribution in [0.4, 0.5) is 0 Å². The highest BCUT2D eigenvalue weighted by Gasteiger charge is 2.30. The number of ether oxygens (including phenoxy) is 1. The normalized spacial score (nSPS) is 34.0. The molecule has 0 aromatic heterocycles. The van der Waals surface area contributed by atoms with E-state index in [4.69, 9.17) is 4.74 Å². The Balaban J connectivity index is 1.56. The molecule has 21 heavy (non-hydrogen) atoms. The molecule has 0 radical (unpaired) electrons. The summed E-state index contributed by atoms with van der Waals surface area (Å²) >= 11 is 0. The van der Waals surface area contributed by atoms with Gasteiger partial charge in [0.05, 0.1) is 6.10 Å². The van der Waals surface area contributed by atoms with Crippen LogP contribution in [0.5, 0.6) is 0 Å². The molecule has 0 N–H and O–H groups in total. The zero-order valence-electron chi connectivity index (χ0n) is 14.6. The third kappa shape index (κ3) is 5.93. The van der Waals surface area contributed by atoms with E-state index >= 15 is 0 Å². The predicted molar refractivity (Wildman–Crippen MR) is 91.6 cm³/mol. The molecule has 0 aliphatic heterocycles. The van der Waals surface area contributed by atoms with Crippen molar-refractivity contribution in [1.29, 1.82) is 0 Å². The van der Waals surface area contributed by atoms with Crippen LogP contribution in [0.3, 0.4) is 0 Å². The van der Waals surface area contributed by atoms with E-state index in [0.29, 0.717) is 6.10 Å². The van der Waals surface area contributed by atoms with Gasteiger partial charge in [0.1, 0.15) is 0 Å². The van der Waals surface area contributed by atoms with Crippen molar-refractivity contribution in [3.63, 3.8) is 0 Å². The Morgan fingerprint density at radius 1 is 0.714 bits per heavy atom. The lowest BCUT2D eigenvalue weighted by atomic mass is 9.70. The standard InChI is InChI=1S/C20H38O/c1-3-4-5-6-7-8-17-9-11-18(12-10-17)19-13-15-20(21-2)16-14-19/h17-20H,3-16H2,1-2H3. The highest BCUT2D eigenvalue weighted by molar-refractivity contribution is 4.82. The molecule has 2 aliphatic rings. The van der Waals surface area contributed by atoms with Crippen molar-refractivity contribution in [2.45, 2.75) is 103 Å². The summed E-state index contributed by atoms with van der Waals surface area (Å²) in [6.07, 6.45) is 21.0. The van der Waals surface area contributed by atoms with Gasteiger partial charge in [-0.3, -0.25) is 0 Å². The molecule has 124 valence electrons. The monoisotopic (exact) mass is 294 g/mol. The van der Waals surface area contributed by atoms with Crippen LogP contribution in [0.1, 0.15) is 96.8 Å². The molecule has 0 aromatic carbocycles. The maximum absolute atomic E-state index is 5.52. The van der Waals surface area contributed by atoms with Crippen LogP contribution in [-0.4, -0.2) is 13.2 Å². The zero-order valence-corrected chi connectivity index (χ0v) is 14.6. The van der Waals surface area contributed by atoms with Gasteiger partial charge in [-0.1, -0.05) is 58.3 Å². The van der Waals surface area contributed by atoms with Crippen molar-refractivity contribution in [1.82, 2.24) is 0 Å². The Morgan fingerprint density at radius 2 is 1.29 bits per heavy atom. The molecule has 0 aromatic rings. The second-order valence-electron chi connectivity index (χ2n) is 7.76. The first-order chi connectivity index (χ1) is 10.3. The molecule has 2 aliphatic carbocycles. The summed E-state index contributed by atoms with van der Waals surface area (Å²) < 4.78 is 5.52. The van der Waals surface area contributed by atoms with Gasteiger partial charge in [-0.05, 0) is 56.3 Å². The van der Waals surface area contributed by atoms with Crippen LogP contribution < -0.4 is 0 Å². The van der Waals surface area contributed by atoms with E-state index in [0.717, 1.165) is 17.8 Å². The Labute approximate surface area is 133 Å². The summed E-state index contributed by atoms with van der Waals surface area (Å²) in [6.45, 7) is 2.31. The van der Waals surface area contributed by atoms with Crippen LogP contribution >= 0.6 is 0 Å². The van der Waals surface area contributed by atoms with Gasteiger partial charge in [-0.25, -0.2) is 0 Å². The topological polar surface area (TPSA) is 9.23 Å². The number of methoxy groups -OCH3 is 1. The predicted octanol–water partition coefficient (Wildman–Crippen LogP) is 6.36. The van der Waals surface area contributed by atoms with E-state index in [2.05, 4.69) is 6.92 Å². The number of hydrogen-bond acceptors (Lipinski definition) is 1. The van der Waals surface area contributed by atoms with Crippen LogP contribution in [0.25, 0.3) is 0 Å². The fourth-order valence-electron chi connectivity index (χ4n) is 4.78. The molecule has 0 spiro atoms. The van der Waals surface area contributed by atoms with Crippen LogP contribution in [0, 0.1) is 17.8 Å². The summed E-state index contributed by atoms with van der Waals surface area (Å²) in [5.41, 5.74) is 0. The average molecular weight is 295 g/mol. The van der Waals surface area contributed by atoms with E-state index in [1.54, 1.807) is 0 Å². The molecular formula is C20H38O. The van der Waals surface area contributed by atoms with E-state index < -0.39 is 0 Å². The SMILES string of the molecule is CCCCCCCC1CCC(C2CCC(OC)CC2)CC1. The molecule has 0 atom stereocenters. The molecule has 0 heterocycles. The molecule has 2 saturated carbocycles. The van der Waals surface area contributed by atoms with Gasteiger partial charge in [0, 0.05) is 7.11 Å². The smallest absolute Gasteiger partial charge is 0.0571 e. The van der Waals surface area contributed by atoms with Gasteiger partial charge in [-0.2, -0.15) is 0 Å². The third-order valence-corrected chi connectivity index (χ3v) is 6.33. The Kier molecular flexibility index (Phi) is 8.14. The van der Waals surface area contributed by atoms with Gasteiger partial charge >= 0.3 is 0 Å². The van der Waals surface area contributed by atoms with Gasteiger partial charge in [-0.15, -0.1) is 0 Å². The first-order valence-corrected chi connectivity index (χ1v) is 9.86. The maximum atomic E-state index is 5.52. The van der Waals surface area contributed by atoms with Gasteiger partial charge in [0.25, 0.3) is 0 Å². The third-order valence-electron chi connectivity index (χ3n) is 6.33. The van der Waals surface area contributed by atoms with Crippen LogP contribution in [0.15, 0.2) is 0 Å². The molecule has 1 nitrogen and oxygen atoms in total. The Bertz CT molecular complexity index is 247. The lowest BCUT2D eigenvalue weighted by Crippen LogP contribution is -2.28. The molecule has 0 bridgehead atoms. The van der Waals surface area contributed by atoms with Gasteiger partial charge in [0.15, 0.2) is 0 Å². The minimum Gasteiger partial charge on any atom is -0.381 e. The van der Waals surface area contributed by atoms with E-state index in [9.17, 15) is 0 Å². The summed E-state index contributed by atoms with van der Waals surface area (Å²) in [7, 11) is 1.89. The molecule has 2 fully saturated rings. The maximum Gasteiger partial charge on any atom is 0.0571 e. The molecule has 0 saturated heterocycles. The number of unbranched alkanes of at least 4 members (excludes halogenated alkanes) is 4. The fourth-order valence-corrected chi connectivity index (χ4v) is 4.78. The minimum absolute atomic E-state index is 0.570. The number of hydrogen-bond donors (Lipinski definition) is 0. The van der Waals surface area contributed by atoms with E-state index in [1.807, 2.05) is 7.11 Å². The molecule has 0 amide bonds. The lowest BCUT2D eigenvalue weighted by Gasteiger charge is -2.37. The largest absolute Gasteiger partial charge is 0.381 e. The quantitative estimate of drug-likeness (QED) is 0.473. The van der Waals surface area contributed by atoms with E-state index in [-0.39, 0.29) is 0 Å². The summed E-state index contributed by atoms with van der Waals surface area (Å²) in [4.78, 5) is 0. The average Bonchev–Trinajstić information content (AvgIpc) is 2.55. The van der Waals surface area contributed by atoms with Crippen molar-refractivity contribution in [2.24, 2.45) is 17.8 Å². The highest BCUT2D eigenvalue weighted by atomic mass is 16.5. The van der Waals surface area contributed by atoms with Crippen molar-refractivity contribution in [3.05, 3.63) is 0 Å². The molecule has 0 unspecified atom stereocenters. The second-order valence-corrected chi connectivity index (χ2v) is 7.76.